The molecule has 3 unspecified atom stereocenters. The van der Waals surface area contributed by atoms with Gasteiger partial charge < -0.3 is 9.84 Å². The van der Waals surface area contributed by atoms with E-state index in [9.17, 15) is 20.0 Å². The van der Waals surface area contributed by atoms with Gasteiger partial charge in [-0.05, 0) is 25.0 Å². The second kappa shape index (κ2) is 5.62. The largest absolute Gasteiger partial charge is 0.396 e. The van der Waals surface area contributed by atoms with E-state index >= 15 is 0 Å². The van der Waals surface area contributed by atoms with E-state index in [0.717, 1.165) is 11.8 Å². The Bertz CT molecular complexity index is 1030. The standard InChI is InChI=1S/C21H18N2O4/c22-11-12-5-6-15(14-4-2-1-3-13(12)14)23-19(25)17-16-7-8-21(27-16,9-10-24)18(17)20(23)26/h1-6,16-18,24H,7-10H2/t16?,17?,18-,21?/m0/s1. The fourth-order valence-electron chi connectivity index (χ4n) is 5.25. The Labute approximate surface area is 155 Å². The maximum Gasteiger partial charge on any atom is 0.240 e. The molecule has 1 N–H and O–H groups in total. The van der Waals surface area contributed by atoms with Crippen LogP contribution in [0.4, 0.5) is 5.69 Å². The second-order valence-corrected chi connectivity index (χ2v) is 7.54. The Morgan fingerprint density at radius 3 is 2.70 bits per heavy atom. The van der Waals surface area contributed by atoms with Crippen molar-refractivity contribution >= 4 is 28.3 Å². The highest BCUT2D eigenvalue weighted by Crippen LogP contribution is 2.57. The monoisotopic (exact) mass is 362 g/mol. The number of benzene rings is 2. The van der Waals surface area contributed by atoms with Gasteiger partial charge >= 0.3 is 0 Å². The normalized spacial score (nSPS) is 31.6. The molecule has 2 aromatic carbocycles. The van der Waals surface area contributed by atoms with Gasteiger partial charge in [0.1, 0.15) is 0 Å². The van der Waals surface area contributed by atoms with Gasteiger partial charge in [0.15, 0.2) is 0 Å². The zero-order chi connectivity index (χ0) is 18.8. The number of carbonyl (C=O) groups is 2. The van der Waals surface area contributed by atoms with Crippen molar-refractivity contribution in [3.05, 3.63) is 42.0 Å². The van der Waals surface area contributed by atoms with Gasteiger partial charge in [-0.2, -0.15) is 5.26 Å². The number of anilines is 1. The third kappa shape index (κ3) is 2.01. The molecule has 3 fully saturated rings. The topological polar surface area (TPSA) is 90.6 Å². The van der Waals surface area contributed by atoms with E-state index in [-0.39, 0.29) is 24.5 Å². The molecule has 3 aliphatic rings. The summed E-state index contributed by atoms with van der Waals surface area (Å²) in [6, 6.07) is 12.8. The van der Waals surface area contributed by atoms with Crippen molar-refractivity contribution in [2.24, 2.45) is 11.8 Å². The molecule has 3 heterocycles. The number of rotatable bonds is 3. The number of carbonyl (C=O) groups excluding carboxylic acids is 2. The van der Waals surface area contributed by atoms with Gasteiger partial charge in [0.25, 0.3) is 0 Å². The fourth-order valence-corrected chi connectivity index (χ4v) is 5.25. The smallest absolute Gasteiger partial charge is 0.240 e. The average molecular weight is 362 g/mol. The Balaban J connectivity index is 1.65. The first-order chi connectivity index (χ1) is 13.1. The Kier molecular flexibility index (Phi) is 3.42. The molecule has 0 aromatic heterocycles. The highest BCUT2D eigenvalue weighted by atomic mass is 16.5. The molecule has 5 rings (SSSR count). The SMILES string of the molecule is N#Cc1ccc(N2C(=O)C3C4CCC(CCO)(O4)[C@@H]3C2=O)c2ccccc12. The van der Waals surface area contributed by atoms with Crippen molar-refractivity contribution in [2.75, 3.05) is 11.5 Å². The molecule has 4 atom stereocenters. The molecule has 136 valence electrons. The highest BCUT2D eigenvalue weighted by molar-refractivity contribution is 6.26. The minimum atomic E-state index is -0.728. The van der Waals surface area contributed by atoms with Crippen LogP contribution in [0.15, 0.2) is 36.4 Å². The summed E-state index contributed by atoms with van der Waals surface area (Å²) in [5.41, 5.74) is 0.301. The minimum absolute atomic E-state index is 0.0722. The summed E-state index contributed by atoms with van der Waals surface area (Å²) in [6.45, 7) is -0.0722. The van der Waals surface area contributed by atoms with Gasteiger partial charge in [-0.1, -0.05) is 24.3 Å². The van der Waals surface area contributed by atoms with Crippen LogP contribution in [-0.4, -0.2) is 35.2 Å². The summed E-state index contributed by atoms with van der Waals surface area (Å²) >= 11 is 0. The average Bonchev–Trinajstić information content (AvgIpc) is 3.32. The number of nitrogens with zero attached hydrogens (tertiary/aromatic N) is 2. The van der Waals surface area contributed by atoms with Crippen molar-refractivity contribution in [3.63, 3.8) is 0 Å². The Morgan fingerprint density at radius 1 is 1.19 bits per heavy atom. The van der Waals surface area contributed by atoms with E-state index in [1.165, 1.54) is 4.90 Å². The summed E-state index contributed by atoms with van der Waals surface area (Å²) in [6.07, 6.45) is 1.54. The molecule has 0 aliphatic carbocycles. The van der Waals surface area contributed by atoms with Crippen molar-refractivity contribution in [1.29, 1.82) is 5.26 Å². The molecule has 6 nitrogen and oxygen atoms in total. The molecular formula is C21H18N2O4. The van der Waals surface area contributed by atoms with Crippen LogP contribution in [0.25, 0.3) is 10.8 Å². The van der Waals surface area contributed by atoms with Gasteiger partial charge in [0, 0.05) is 23.8 Å². The van der Waals surface area contributed by atoms with Crippen molar-refractivity contribution < 1.29 is 19.4 Å². The van der Waals surface area contributed by atoms with Crippen LogP contribution in [0.2, 0.25) is 0 Å². The fraction of sp³-hybridized carbons (Fsp3) is 0.381. The molecule has 0 spiro atoms. The number of nitriles is 1. The van der Waals surface area contributed by atoms with E-state index in [1.807, 2.05) is 24.3 Å². The van der Waals surface area contributed by atoms with Gasteiger partial charge in [-0.3, -0.25) is 9.59 Å². The molecule has 3 aliphatic heterocycles. The van der Waals surface area contributed by atoms with Gasteiger partial charge in [0.2, 0.25) is 11.8 Å². The summed E-state index contributed by atoms with van der Waals surface area (Å²) in [5, 5.41) is 20.3. The third-order valence-corrected chi connectivity index (χ3v) is 6.35. The number of amides is 2. The van der Waals surface area contributed by atoms with E-state index in [2.05, 4.69) is 6.07 Å². The van der Waals surface area contributed by atoms with Crippen LogP contribution in [0.1, 0.15) is 24.8 Å². The molecule has 0 saturated carbocycles. The van der Waals surface area contributed by atoms with Gasteiger partial charge in [-0.25, -0.2) is 4.90 Å². The number of hydrogen-bond acceptors (Lipinski definition) is 5. The first-order valence-corrected chi connectivity index (χ1v) is 9.19. The summed E-state index contributed by atoms with van der Waals surface area (Å²) in [7, 11) is 0. The van der Waals surface area contributed by atoms with Crippen molar-refractivity contribution in [2.45, 2.75) is 31.0 Å². The third-order valence-electron chi connectivity index (χ3n) is 6.35. The minimum Gasteiger partial charge on any atom is -0.396 e. The lowest BCUT2D eigenvalue weighted by atomic mass is 9.71. The molecule has 27 heavy (non-hydrogen) atoms. The second-order valence-electron chi connectivity index (χ2n) is 7.54. The quantitative estimate of drug-likeness (QED) is 0.845. The zero-order valence-corrected chi connectivity index (χ0v) is 14.6. The van der Waals surface area contributed by atoms with Crippen LogP contribution in [-0.2, 0) is 14.3 Å². The van der Waals surface area contributed by atoms with Crippen LogP contribution >= 0.6 is 0 Å². The molecule has 0 radical (unpaired) electrons. The number of ether oxygens (including phenoxy) is 1. The van der Waals surface area contributed by atoms with Crippen LogP contribution in [0.5, 0.6) is 0 Å². The van der Waals surface area contributed by atoms with Crippen LogP contribution in [0, 0.1) is 23.2 Å². The predicted octanol–water partition coefficient (Wildman–Crippen LogP) is 2.13. The summed E-state index contributed by atoms with van der Waals surface area (Å²) < 4.78 is 6.04. The van der Waals surface area contributed by atoms with Gasteiger partial charge in [0.05, 0.1) is 40.9 Å². The molecule has 3 saturated heterocycles. The van der Waals surface area contributed by atoms with Crippen LogP contribution < -0.4 is 4.90 Å². The number of imide groups is 1. The zero-order valence-electron chi connectivity index (χ0n) is 14.6. The molecule has 2 bridgehead atoms. The molecule has 6 heteroatoms. The number of aliphatic hydroxyl groups excluding tert-OH is 1. The van der Waals surface area contributed by atoms with Crippen molar-refractivity contribution in [1.82, 2.24) is 0 Å². The van der Waals surface area contributed by atoms with Crippen LogP contribution in [0.3, 0.4) is 0 Å². The maximum atomic E-state index is 13.3. The van der Waals surface area contributed by atoms with Gasteiger partial charge in [-0.15, -0.1) is 0 Å². The first kappa shape index (κ1) is 16.4. The first-order valence-electron chi connectivity index (χ1n) is 9.19. The molecule has 2 amide bonds. The number of fused-ring (bicyclic) bond motifs is 6. The van der Waals surface area contributed by atoms with E-state index in [1.54, 1.807) is 12.1 Å². The lowest BCUT2D eigenvalue weighted by Gasteiger charge is -2.30. The predicted molar refractivity (Wildman–Crippen MR) is 96.7 cm³/mol. The molecular weight excluding hydrogens is 344 g/mol. The highest BCUT2D eigenvalue weighted by Gasteiger charge is 2.69. The van der Waals surface area contributed by atoms with E-state index in [0.29, 0.717) is 29.5 Å². The molecule has 2 aromatic rings. The van der Waals surface area contributed by atoms with Crippen molar-refractivity contribution in [3.8, 4) is 6.07 Å². The van der Waals surface area contributed by atoms with E-state index in [4.69, 9.17) is 4.74 Å². The lowest BCUT2D eigenvalue weighted by molar-refractivity contribution is -0.128. The maximum absolute atomic E-state index is 13.3. The van der Waals surface area contributed by atoms with E-state index < -0.39 is 17.4 Å². The number of hydrogen-bond donors (Lipinski definition) is 1. The lowest BCUT2D eigenvalue weighted by Crippen LogP contribution is -2.42. The Hall–Kier alpha value is -2.75. The summed E-state index contributed by atoms with van der Waals surface area (Å²) in [4.78, 5) is 27.9. The Morgan fingerprint density at radius 2 is 1.96 bits per heavy atom. The summed E-state index contributed by atoms with van der Waals surface area (Å²) in [5.74, 6) is -1.50. The number of aliphatic hydroxyl groups is 1.